The predicted octanol–water partition coefficient (Wildman–Crippen LogP) is 3.26. The van der Waals surface area contributed by atoms with Crippen LogP contribution < -0.4 is 5.73 Å². The summed E-state index contributed by atoms with van der Waals surface area (Å²) in [6.45, 7) is 2.74. The molecule has 74 valence electrons. The van der Waals surface area contributed by atoms with Gasteiger partial charge in [-0.15, -0.1) is 0 Å². The summed E-state index contributed by atoms with van der Waals surface area (Å²) in [6, 6.07) is 6.13. The number of furan rings is 1. The molecule has 1 unspecified atom stereocenters. The molecule has 3 heteroatoms. The van der Waals surface area contributed by atoms with E-state index in [1.165, 1.54) is 5.56 Å². The fraction of sp³-hybridized carbons (Fsp3) is 0.273. The molecule has 0 saturated heterocycles. The molecule has 2 nitrogen and oxygen atoms in total. The van der Waals surface area contributed by atoms with Gasteiger partial charge >= 0.3 is 0 Å². The zero-order chi connectivity index (χ0) is 10.1. The largest absolute Gasteiger partial charge is 0.463 e. The lowest BCUT2D eigenvalue weighted by atomic mass is 10.00. The van der Waals surface area contributed by atoms with E-state index in [2.05, 4.69) is 28.9 Å². The van der Waals surface area contributed by atoms with Crippen LogP contribution in [0.15, 0.2) is 33.4 Å². The van der Waals surface area contributed by atoms with Crippen molar-refractivity contribution in [2.45, 2.75) is 12.8 Å². The van der Waals surface area contributed by atoms with Crippen molar-refractivity contribution in [1.82, 2.24) is 0 Å². The van der Waals surface area contributed by atoms with Gasteiger partial charge in [0.05, 0.1) is 4.47 Å². The second-order valence-electron chi connectivity index (χ2n) is 3.44. The van der Waals surface area contributed by atoms with Crippen molar-refractivity contribution in [3.63, 3.8) is 0 Å². The maximum absolute atomic E-state index is 5.65. The van der Waals surface area contributed by atoms with Crippen LogP contribution in [0.25, 0.3) is 11.0 Å². The Balaban J connectivity index is 2.65. The highest BCUT2D eigenvalue weighted by Gasteiger charge is 2.11. The SMILES string of the molecule is CC(CN)c1cccc2c(Br)coc12. The zero-order valence-corrected chi connectivity index (χ0v) is 9.54. The van der Waals surface area contributed by atoms with Crippen LogP contribution in [-0.2, 0) is 0 Å². The molecule has 2 N–H and O–H groups in total. The molecule has 0 aliphatic heterocycles. The Kier molecular flexibility index (Phi) is 2.61. The van der Waals surface area contributed by atoms with Gasteiger partial charge in [-0.3, -0.25) is 0 Å². The van der Waals surface area contributed by atoms with Crippen LogP contribution in [0.5, 0.6) is 0 Å². The quantitative estimate of drug-likeness (QED) is 0.893. The first-order valence-corrected chi connectivity index (χ1v) is 5.39. The maximum Gasteiger partial charge on any atom is 0.138 e. The molecule has 0 aliphatic carbocycles. The zero-order valence-electron chi connectivity index (χ0n) is 7.96. The van der Waals surface area contributed by atoms with E-state index < -0.39 is 0 Å². The lowest BCUT2D eigenvalue weighted by molar-refractivity contribution is 0.603. The van der Waals surface area contributed by atoms with Crippen LogP contribution >= 0.6 is 15.9 Å². The van der Waals surface area contributed by atoms with E-state index in [1.807, 2.05) is 12.1 Å². The van der Waals surface area contributed by atoms with Gasteiger partial charge in [0.2, 0.25) is 0 Å². The third-order valence-corrected chi connectivity index (χ3v) is 3.08. The van der Waals surface area contributed by atoms with E-state index in [4.69, 9.17) is 10.2 Å². The number of para-hydroxylation sites is 1. The average molecular weight is 254 g/mol. The summed E-state index contributed by atoms with van der Waals surface area (Å²) < 4.78 is 6.50. The molecule has 0 aliphatic rings. The molecule has 14 heavy (non-hydrogen) atoms. The van der Waals surface area contributed by atoms with Gasteiger partial charge in [0.25, 0.3) is 0 Å². The van der Waals surface area contributed by atoms with Crippen molar-refractivity contribution < 1.29 is 4.42 Å². The minimum atomic E-state index is 0.330. The van der Waals surface area contributed by atoms with Crippen molar-refractivity contribution in [3.05, 3.63) is 34.5 Å². The number of hydrogen-bond donors (Lipinski definition) is 1. The Morgan fingerprint density at radius 2 is 2.29 bits per heavy atom. The van der Waals surface area contributed by atoms with Gasteiger partial charge in [-0.25, -0.2) is 0 Å². The number of rotatable bonds is 2. The van der Waals surface area contributed by atoms with E-state index in [0.29, 0.717) is 12.5 Å². The standard InChI is InChI=1S/C11H12BrNO/c1-7(5-13)8-3-2-4-9-10(12)6-14-11(8)9/h2-4,6-7H,5,13H2,1H3. The second-order valence-corrected chi connectivity index (χ2v) is 4.30. The van der Waals surface area contributed by atoms with Gasteiger partial charge in [-0.1, -0.05) is 19.1 Å². The lowest BCUT2D eigenvalue weighted by Crippen LogP contribution is -2.08. The number of fused-ring (bicyclic) bond motifs is 1. The van der Waals surface area contributed by atoms with Crippen molar-refractivity contribution in [1.29, 1.82) is 0 Å². The monoisotopic (exact) mass is 253 g/mol. The summed E-state index contributed by atoms with van der Waals surface area (Å²) in [7, 11) is 0. The normalized spacial score (nSPS) is 13.4. The van der Waals surface area contributed by atoms with E-state index in [1.54, 1.807) is 6.26 Å². The van der Waals surface area contributed by atoms with Gasteiger partial charge in [0.15, 0.2) is 0 Å². The third-order valence-electron chi connectivity index (χ3n) is 2.47. The summed E-state index contributed by atoms with van der Waals surface area (Å²) in [5.41, 5.74) is 7.77. The van der Waals surface area contributed by atoms with Crippen LogP contribution in [0.3, 0.4) is 0 Å². The molecule has 1 aromatic carbocycles. The van der Waals surface area contributed by atoms with Gasteiger partial charge in [0, 0.05) is 5.39 Å². The van der Waals surface area contributed by atoms with Crippen LogP contribution in [-0.4, -0.2) is 6.54 Å². The van der Waals surface area contributed by atoms with E-state index >= 15 is 0 Å². The summed E-state index contributed by atoms with van der Waals surface area (Å²) in [5.74, 6) is 0.330. The third kappa shape index (κ3) is 1.47. The highest BCUT2D eigenvalue weighted by molar-refractivity contribution is 9.10. The molecule has 1 heterocycles. The smallest absolute Gasteiger partial charge is 0.138 e. The van der Waals surface area contributed by atoms with E-state index in [0.717, 1.165) is 15.4 Å². The van der Waals surface area contributed by atoms with Crippen molar-refractivity contribution in [2.75, 3.05) is 6.54 Å². The molecule has 0 saturated carbocycles. The number of benzene rings is 1. The van der Waals surface area contributed by atoms with Gasteiger partial charge in [-0.2, -0.15) is 0 Å². The highest BCUT2D eigenvalue weighted by atomic mass is 79.9. The Hall–Kier alpha value is -0.800. The minimum absolute atomic E-state index is 0.330. The second kappa shape index (κ2) is 3.75. The van der Waals surface area contributed by atoms with Crippen molar-refractivity contribution in [2.24, 2.45) is 5.73 Å². The molecule has 2 rings (SSSR count). The van der Waals surface area contributed by atoms with Gasteiger partial charge < -0.3 is 10.2 Å². The minimum Gasteiger partial charge on any atom is -0.463 e. The number of halogens is 1. The van der Waals surface area contributed by atoms with Crippen LogP contribution in [0.2, 0.25) is 0 Å². The molecular formula is C11H12BrNO. The van der Waals surface area contributed by atoms with Crippen LogP contribution in [0, 0.1) is 0 Å². The fourth-order valence-corrected chi connectivity index (χ4v) is 1.97. The lowest BCUT2D eigenvalue weighted by Gasteiger charge is -2.08. The Bertz CT molecular complexity index is 449. The molecule has 2 aromatic rings. The maximum atomic E-state index is 5.65. The first kappa shape index (κ1) is 9.74. The molecule has 1 atom stereocenters. The highest BCUT2D eigenvalue weighted by Crippen LogP contribution is 2.31. The Labute approximate surface area is 91.2 Å². The molecule has 0 amide bonds. The summed E-state index contributed by atoms with van der Waals surface area (Å²) >= 11 is 3.45. The first-order chi connectivity index (χ1) is 6.74. The Morgan fingerprint density at radius 1 is 1.50 bits per heavy atom. The van der Waals surface area contributed by atoms with Gasteiger partial charge in [-0.05, 0) is 40.0 Å². The van der Waals surface area contributed by atoms with E-state index in [9.17, 15) is 0 Å². The molecule has 0 radical (unpaired) electrons. The Morgan fingerprint density at radius 3 is 3.00 bits per heavy atom. The van der Waals surface area contributed by atoms with Gasteiger partial charge in [0.1, 0.15) is 11.8 Å². The van der Waals surface area contributed by atoms with Crippen LogP contribution in [0.1, 0.15) is 18.4 Å². The molecule has 0 spiro atoms. The molecular weight excluding hydrogens is 242 g/mol. The number of hydrogen-bond acceptors (Lipinski definition) is 2. The van der Waals surface area contributed by atoms with E-state index in [-0.39, 0.29) is 0 Å². The molecule has 1 aromatic heterocycles. The number of nitrogens with two attached hydrogens (primary N) is 1. The topological polar surface area (TPSA) is 39.2 Å². The summed E-state index contributed by atoms with van der Waals surface area (Å²) in [5, 5.41) is 1.11. The summed E-state index contributed by atoms with van der Waals surface area (Å²) in [4.78, 5) is 0. The average Bonchev–Trinajstić information content (AvgIpc) is 2.59. The fourth-order valence-electron chi connectivity index (χ4n) is 1.56. The molecule has 0 bridgehead atoms. The summed E-state index contributed by atoms with van der Waals surface area (Å²) in [6.07, 6.45) is 1.72. The van der Waals surface area contributed by atoms with Crippen molar-refractivity contribution in [3.8, 4) is 0 Å². The van der Waals surface area contributed by atoms with Crippen LogP contribution in [0.4, 0.5) is 0 Å². The van der Waals surface area contributed by atoms with Crippen molar-refractivity contribution >= 4 is 26.9 Å². The first-order valence-electron chi connectivity index (χ1n) is 4.59. The predicted molar refractivity (Wildman–Crippen MR) is 61.4 cm³/mol. The molecule has 0 fully saturated rings.